The Morgan fingerprint density at radius 3 is 2.68 bits per heavy atom. The molecular formula is C19H16F3N5O. The van der Waals surface area contributed by atoms with Crippen LogP contribution in [0.15, 0.2) is 55.0 Å². The molecule has 3 aromatic rings. The summed E-state index contributed by atoms with van der Waals surface area (Å²) in [7, 11) is 1.55. The van der Waals surface area contributed by atoms with E-state index < -0.39 is 11.7 Å². The van der Waals surface area contributed by atoms with Crippen molar-refractivity contribution in [3.05, 3.63) is 71.7 Å². The van der Waals surface area contributed by atoms with Gasteiger partial charge in [-0.2, -0.15) is 13.2 Å². The highest BCUT2D eigenvalue weighted by Crippen LogP contribution is 2.30. The maximum atomic E-state index is 12.9. The number of pyridine rings is 1. The average molecular weight is 387 g/mol. The number of benzene rings is 1. The van der Waals surface area contributed by atoms with E-state index in [-0.39, 0.29) is 17.3 Å². The summed E-state index contributed by atoms with van der Waals surface area (Å²) in [6.07, 6.45) is -1.03. The number of nitrogens with one attached hydrogen (secondary N) is 2. The number of aromatic nitrogens is 3. The lowest BCUT2D eigenvalue weighted by molar-refractivity contribution is -0.137. The number of anilines is 1. The average Bonchev–Trinajstić information content (AvgIpc) is 2.71. The van der Waals surface area contributed by atoms with E-state index in [0.29, 0.717) is 17.9 Å². The normalized spacial score (nSPS) is 11.1. The van der Waals surface area contributed by atoms with Gasteiger partial charge in [-0.25, -0.2) is 9.97 Å². The Balaban J connectivity index is 1.81. The molecule has 6 nitrogen and oxygen atoms in total. The minimum absolute atomic E-state index is 0.114. The number of halogens is 3. The van der Waals surface area contributed by atoms with Crippen molar-refractivity contribution in [2.75, 3.05) is 12.4 Å². The first-order chi connectivity index (χ1) is 13.4. The van der Waals surface area contributed by atoms with Gasteiger partial charge in [0.05, 0.1) is 5.56 Å². The molecule has 1 amide bonds. The van der Waals surface area contributed by atoms with Gasteiger partial charge in [0, 0.05) is 43.3 Å². The number of carbonyl (C=O) groups excluding carboxylic acids is 1. The third-order valence-corrected chi connectivity index (χ3v) is 3.93. The van der Waals surface area contributed by atoms with Crippen molar-refractivity contribution >= 4 is 11.7 Å². The largest absolute Gasteiger partial charge is 0.417 e. The highest BCUT2D eigenvalue weighted by molar-refractivity contribution is 5.95. The summed E-state index contributed by atoms with van der Waals surface area (Å²) in [5, 5.41) is 5.64. The maximum Gasteiger partial charge on any atom is 0.417 e. The van der Waals surface area contributed by atoms with Gasteiger partial charge in [-0.05, 0) is 23.8 Å². The van der Waals surface area contributed by atoms with Crippen LogP contribution in [-0.4, -0.2) is 27.9 Å². The molecule has 0 spiro atoms. The van der Waals surface area contributed by atoms with Crippen LogP contribution in [0.25, 0.3) is 11.4 Å². The molecule has 144 valence electrons. The lowest BCUT2D eigenvalue weighted by Gasteiger charge is -2.11. The van der Waals surface area contributed by atoms with Crippen molar-refractivity contribution in [1.82, 2.24) is 20.3 Å². The summed E-state index contributed by atoms with van der Waals surface area (Å²) in [6.45, 7) is 0.306. The Morgan fingerprint density at radius 1 is 1.14 bits per heavy atom. The van der Waals surface area contributed by atoms with Crippen LogP contribution in [0.2, 0.25) is 0 Å². The zero-order chi connectivity index (χ0) is 20.1. The number of rotatable bonds is 5. The fraction of sp³-hybridized carbons (Fsp3) is 0.158. The third kappa shape index (κ3) is 4.43. The van der Waals surface area contributed by atoms with Gasteiger partial charge in [0.2, 0.25) is 0 Å². The van der Waals surface area contributed by atoms with E-state index in [1.54, 1.807) is 31.3 Å². The van der Waals surface area contributed by atoms with Crippen molar-refractivity contribution in [3.63, 3.8) is 0 Å². The molecule has 0 bridgehead atoms. The van der Waals surface area contributed by atoms with Crippen LogP contribution in [-0.2, 0) is 12.7 Å². The highest BCUT2D eigenvalue weighted by atomic mass is 19.4. The third-order valence-electron chi connectivity index (χ3n) is 3.93. The topological polar surface area (TPSA) is 79.8 Å². The fourth-order valence-corrected chi connectivity index (χ4v) is 2.53. The van der Waals surface area contributed by atoms with Gasteiger partial charge in [-0.15, -0.1) is 0 Å². The van der Waals surface area contributed by atoms with Crippen LogP contribution in [0.4, 0.5) is 19.0 Å². The van der Waals surface area contributed by atoms with Gasteiger partial charge >= 0.3 is 6.18 Å². The summed E-state index contributed by atoms with van der Waals surface area (Å²) in [6, 6.07) is 9.62. The van der Waals surface area contributed by atoms with Crippen LogP contribution in [0.1, 0.15) is 21.5 Å². The zero-order valence-electron chi connectivity index (χ0n) is 14.8. The Bertz CT molecular complexity index is 991. The molecule has 1 aromatic carbocycles. The number of hydrogen-bond donors (Lipinski definition) is 2. The Kier molecular flexibility index (Phi) is 5.53. The van der Waals surface area contributed by atoms with Crippen molar-refractivity contribution in [3.8, 4) is 11.4 Å². The molecule has 0 aliphatic carbocycles. The molecule has 2 N–H and O–H groups in total. The second kappa shape index (κ2) is 8.03. The monoisotopic (exact) mass is 387 g/mol. The van der Waals surface area contributed by atoms with Crippen molar-refractivity contribution in [1.29, 1.82) is 0 Å². The van der Waals surface area contributed by atoms with Gasteiger partial charge in [-0.1, -0.05) is 18.2 Å². The number of nitrogens with zero attached hydrogens (tertiary/aromatic N) is 3. The minimum Gasteiger partial charge on any atom is -0.366 e. The van der Waals surface area contributed by atoms with Gasteiger partial charge in [-0.3, -0.25) is 9.78 Å². The molecule has 0 aliphatic rings. The van der Waals surface area contributed by atoms with Gasteiger partial charge in [0.1, 0.15) is 5.82 Å². The first-order valence-electron chi connectivity index (χ1n) is 8.28. The number of alkyl halides is 3. The van der Waals surface area contributed by atoms with Crippen molar-refractivity contribution in [2.24, 2.45) is 0 Å². The van der Waals surface area contributed by atoms with Crippen LogP contribution in [0, 0.1) is 0 Å². The molecule has 0 aliphatic heterocycles. The predicted molar refractivity (Wildman–Crippen MR) is 97.4 cm³/mol. The first kappa shape index (κ1) is 19.3. The Labute approximate surface area is 158 Å². The quantitative estimate of drug-likeness (QED) is 0.700. The molecule has 0 radical (unpaired) electrons. The predicted octanol–water partition coefficient (Wildman–Crippen LogP) is 3.53. The molecule has 0 saturated heterocycles. The van der Waals surface area contributed by atoms with Crippen LogP contribution < -0.4 is 10.6 Å². The summed E-state index contributed by atoms with van der Waals surface area (Å²) in [4.78, 5) is 23.8. The molecule has 0 fully saturated rings. The van der Waals surface area contributed by atoms with Gasteiger partial charge in [0.15, 0.2) is 5.82 Å². The van der Waals surface area contributed by atoms with E-state index in [0.717, 1.165) is 17.8 Å². The van der Waals surface area contributed by atoms with Crippen molar-refractivity contribution in [2.45, 2.75) is 12.7 Å². The van der Waals surface area contributed by atoms with E-state index in [2.05, 4.69) is 25.6 Å². The molecular weight excluding hydrogens is 371 g/mol. The molecule has 0 atom stereocenters. The second-order valence-electron chi connectivity index (χ2n) is 5.82. The summed E-state index contributed by atoms with van der Waals surface area (Å²) >= 11 is 0. The molecule has 9 heteroatoms. The van der Waals surface area contributed by atoms with Crippen LogP contribution >= 0.6 is 0 Å². The Morgan fingerprint density at radius 2 is 1.93 bits per heavy atom. The van der Waals surface area contributed by atoms with E-state index in [9.17, 15) is 18.0 Å². The first-order valence-corrected chi connectivity index (χ1v) is 8.28. The minimum atomic E-state index is -4.50. The van der Waals surface area contributed by atoms with E-state index in [1.165, 1.54) is 12.4 Å². The number of hydrogen-bond acceptors (Lipinski definition) is 5. The lowest BCUT2D eigenvalue weighted by Crippen LogP contribution is -2.20. The Hall–Kier alpha value is -3.49. The fourth-order valence-electron chi connectivity index (χ4n) is 2.53. The zero-order valence-corrected chi connectivity index (χ0v) is 14.8. The SMILES string of the molecule is CNC(=O)c1ccccc1CNc1ccnc(-c2cncc(C(F)(F)F)c2)n1. The van der Waals surface area contributed by atoms with Gasteiger partial charge in [0.25, 0.3) is 5.91 Å². The number of amides is 1. The van der Waals surface area contributed by atoms with Crippen molar-refractivity contribution < 1.29 is 18.0 Å². The highest BCUT2D eigenvalue weighted by Gasteiger charge is 2.31. The molecule has 2 aromatic heterocycles. The summed E-state index contributed by atoms with van der Waals surface area (Å²) < 4.78 is 38.6. The maximum absolute atomic E-state index is 12.9. The van der Waals surface area contributed by atoms with Crippen LogP contribution in [0.3, 0.4) is 0 Å². The summed E-state index contributed by atoms with van der Waals surface area (Å²) in [5.74, 6) is 0.313. The smallest absolute Gasteiger partial charge is 0.366 e. The molecule has 0 saturated carbocycles. The van der Waals surface area contributed by atoms with E-state index in [1.807, 2.05) is 6.07 Å². The van der Waals surface area contributed by atoms with E-state index in [4.69, 9.17) is 0 Å². The number of carbonyl (C=O) groups is 1. The standard InChI is InChI=1S/C19H16F3N5O/c1-23-18(28)15-5-3-2-4-12(15)10-26-16-6-7-25-17(27-16)13-8-14(11-24-9-13)19(20,21)22/h2-9,11H,10H2,1H3,(H,23,28)(H,25,26,27). The van der Waals surface area contributed by atoms with Gasteiger partial charge < -0.3 is 10.6 Å². The molecule has 2 heterocycles. The summed E-state index contributed by atoms with van der Waals surface area (Å²) in [5.41, 5.74) is 0.562. The van der Waals surface area contributed by atoms with E-state index >= 15 is 0 Å². The lowest BCUT2D eigenvalue weighted by atomic mass is 10.1. The second-order valence-corrected chi connectivity index (χ2v) is 5.82. The molecule has 0 unspecified atom stereocenters. The molecule has 28 heavy (non-hydrogen) atoms. The van der Waals surface area contributed by atoms with Crippen LogP contribution in [0.5, 0.6) is 0 Å². The molecule has 3 rings (SSSR count).